The summed E-state index contributed by atoms with van der Waals surface area (Å²) in [5, 5.41) is 11.8. The minimum absolute atomic E-state index is 0.0490. The molecule has 152 valence electrons. The van der Waals surface area contributed by atoms with Crippen molar-refractivity contribution in [3.8, 4) is 0 Å². The number of non-ortho nitro benzene ring substituents is 1. The molecule has 8 heteroatoms. The van der Waals surface area contributed by atoms with Gasteiger partial charge < -0.3 is 4.42 Å². The fraction of sp³-hybridized carbons (Fsp3) is 0.0435. The number of halogens is 1. The molecule has 1 aliphatic heterocycles. The largest absolute Gasteiger partial charge is 0.450 e. The lowest BCUT2D eigenvalue weighted by Gasteiger charge is -2.25. The third-order valence-corrected chi connectivity index (χ3v) is 5.52. The van der Waals surface area contributed by atoms with Gasteiger partial charge in [0.15, 0.2) is 5.43 Å². The van der Waals surface area contributed by atoms with Crippen LogP contribution >= 0.6 is 11.6 Å². The van der Waals surface area contributed by atoms with Crippen LogP contribution < -0.4 is 10.3 Å². The molecule has 0 radical (unpaired) electrons. The molecule has 5 rings (SSSR count). The fourth-order valence-corrected chi connectivity index (χ4v) is 4.09. The molecule has 1 aliphatic rings. The first kappa shape index (κ1) is 19.0. The molecule has 0 bridgehead atoms. The molecular weight excluding hydrogens is 420 g/mol. The summed E-state index contributed by atoms with van der Waals surface area (Å²) in [7, 11) is 0. The van der Waals surface area contributed by atoms with Gasteiger partial charge in [-0.15, -0.1) is 0 Å². The minimum atomic E-state index is -0.817. The van der Waals surface area contributed by atoms with E-state index in [1.807, 2.05) is 0 Å². The van der Waals surface area contributed by atoms with E-state index in [9.17, 15) is 19.7 Å². The van der Waals surface area contributed by atoms with Crippen LogP contribution in [0.2, 0.25) is 5.02 Å². The minimum Gasteiger partial charge on any atom is -0.450 e. The lowest BCUT2D eigenvalue weighted by Crippen LogP contribution is -2.29. The van der Waals surface area contributed by atoms with Crippen LogP contribution in [0.15, 0.2) is 82.0 Å². The van der Waals surface area contributed by atoms with E-state index in [-0.39, 0.29) is 22.4 Å². The Kier molecular flexibility index (Phi) is 4.34. The molecule has 1 atom stereocenters. The number of hydrogen-bond donors (Lipinski definition) is 0. The molecule has 7 nitrogen and oxygen atoms in total. The Morgan fingerprint density at radius 1 is 0.968 bits per heavy atom. The molecule has 0 aliphatic carbocycles. The number of nitro benzene ring substituents is 1. The van der Waals surface area contributed by atoms with E-state index in [1.54, 1.807) is 48.5 Å². The van der Waals surface area contributed by atoms with Gasteiger partial charge in [-0.1, -0.05) is 29.8 Å². The Morgan fingerprint density at radius 2 is 1.71 bits per heavy atom. The van der Waals surface area contributed by atoms with Gasteiger partial charge in [0, 0.05) is 22.8 Å². The monoisotopic (exact) mass is 432 g/mol. The third kappa shape index (κ3) is 2.98. The summed E-state index contributed by atoms with van der Waals surface area (Å²) in [6.07, 6.45) is 0. The molecule has 1 aromatic heterocycles. The Bertz CT molecular complexity index is 1430. The van der Waals surface area contributed by atoms with Crippen LogP contribution in [0.4, 0.5) is 11.4 Å². The Hall–Kier alpha value is -3.97. The number of benzene rings is 3. The first-order valence-electron chi connectivity index (χ1n) is 9.35. The molecule has 2 heterocycles. The maximum absolute atomic E-state index is 13.4. The zero-order chi connectivity index (χ0) is 21.7. The highest BCUT2D eigenvalue weighted by molar-refractivity contribution is 6.31. The SMILES string of the molecule is O=C1c2oc3ccccc3c(=O)c2C(c2ccc([N+](=O)[O-])cc2)N1c1cccc(Cl)c1. The number of hydrogen-bond acceptors (Lipinski definition) is 5. The van der Waals surface area contributed by atoms with Crippen LogP contribution in [0.1, 0.15) is 27.7 Å². The maximum Gasteiger partial charge on any atom is 0.295 e. The van der Waals surface area contributed by atoms with Crippen LogP contribution in [0.25, 0.3) is 11.0 Å². The van der Waals surface area contributed by atoms with E-state index >= 15 is 0 Å². The number of carbonyl (C=O) groups is 1. The molecular formula is C23H13ClN2O5. The van der Waals surface area contributed by atoms with Crippen LogP contribution in [-0.4, -0.2) is 10.8 Å². The summed E-state index contributed by atoms with van der Waals surface area (Å²) in [6.45, 7) is 0. The van der Waals surface area contributed by atoms with E-state index in [4.69, 9.17) is 16.0 Å². The van der Waals surface area contributed by atoms with Crippen LogP contribution in [-0.2, 0) is 0 Å². The van der Waals surface area contributed by atoms with Gasteiger partial charge in [-0.05, 0) is 48.0 Å². The second-order valence-corrected chi connectivity index (χ2v) is 7.51. The average molecular weight is 433 g/mol. The predicted molar refractivity (Wildman–Crippen MR) is 116 cm³/mol. The Morgan fingerprint density at radius 3 is 2.42 bits per heavy atom. The van der Waals surface area contributed by atoms with Crippen molar-refractivity contribution in [1.29, 1.82) is 0 Å². The summed E-state index contributed by atoms with van der Waals surface area (Å²) in [4.78, 5) is 38.8. The van der Waals surface area contributed by atoms with Crippen molar-refractivity contribution in [2.45, 2.75) is 6.04 Å². The Labute approximate surface area is 180 Å². The van der Waals surface area contributed by atoms with E-state index in [0.29, 0.717) is 27.2 Å². The number of fused-ring (bicyclic) bond motifs is 2. The molecule has 0 fully saturated rings. The summed E-state index contributed by atoms with van der Waals surface area (Å²) in [6, 6.07) is 18.4. The van der Waals surface area contributed by atoms with Gasteiger partial charge in [0.05, 0.1) is 21.9 Å². The van der Waals surface area contributed by atoms with Gasteiger partial charge >= 0.3 is 0 Å². The summed E-state index contributed by atoms with van der Waals surface area (Å²) in [5.74, 6) is -0.532. The highest BCUT2D eigenvalue weighted by Crippen LogP contribution is 2.41. The number of nitrogens with zero attached hydrogens (tertiary/aromatic N) is 2. The summed E-state index contributed by atoms with van der Waals surface area (Å²) >= 11 is 6.15. The Balaban J connectivity index is 1.79. The number of para-hydroxylation sites is 1. The molecule has 0 N–H and O–H groups in total. The lowest BCUT2D eigenvalue weighted by molar-refractivity contribution is -0.384. The number of anilines is 1. The molecule has 31 heavy (non-hydrogen) atoms. The molecule has 0 spiro atoms. The number of rotatable bonds is 3. The number of carbonyl (C=O) groups excluding carboxylic acids is 1. The zero-order valence-corrected chi connectivity index (χ0v) is 16.6. The van der Waals surface area contributed by atoms with Gasteiger partial charge in [0.2, 0.25) is 5.76 Å². The molecule has 4 aromatic rings. The molecule has 1 amide bonds. The molecule has 0 saturated heterocycles. The van der Waals surface area contributed by atoms with Gasteiger partial charge in [0.25, 0.3) is 11.6 Å². The van der Waals surface area contributed by atoms with Crippen molar-refractivity contribution in [3.05, 3.63) is 115 Å². The van der Waals surface area contributed by atoms with Crippen LogP contribution in [0.5, 0.6) is 0 Å². The van der Waals surface area contributed by atoms with E-state index in [2.05, 4.69) is 0 Å². The van der Waals surface area contributed by atoms with Gasteiger partial charge in [-0.3, -0.25) is 24.6 Å². The van der Waals surface area contributed by atoms with Gasteiger partial charge in [-0.2, -0.15) is 0 Å². The summed E-state index contributed by atoms with van der Waals surface area (Å²) < 4.78 is 5.86. The highest BCUT2D eigenvalue weighted by Gasteiger charge is 2.43. The second-order valence-electron chi connectivity index (χ2n) is 7.08. The van der Waals surface area contributed by atoms with Crippen molar-refractivity contribution >= 4 is 39.9 Å². The van der Waals surface area contributed by atoms with Gasteiger partial charge in [0.1, 0.15) is 5.58 Å². The third-order valence-electron chi connectivity index (χ3n) is 5.28. The highest BCUT2D eigenvalue weighted by atomic mass is 35.5. The topological polar surface area (TPSA) is 93.7 Å². The fourth-order valence-electron chi connectivity index (χ4n) is 3.91. The van der Waals surface area contributed by atoms with Gasteiger partial charge in [-0.25, -0.2) is 0 Å². The van der Waals surface area contributed by atoms with Crippen molar-refractivity contribution < 1.29 is 14.1 Å². The number of nitro groups is 1. The normalized spacial score (nSPS) is 15.3. The van der Waals surface area contributed by atoms with E-state index in [1.165, 1.54) is 29.2 Å². The lowest BCUT2D eigenvalue weighted by atomic mass is 9.98. The van der Waals surface area contributed by atoms with Crippen molar-refractivity contribution in [2.24, 2.45) is 0 Å². The first-order chi connectivity index (χ1) is 15.0. The second kappa shape index (κ2) is 7.07. The maximum atomic E-state index is 13.4. The first-order valence-corrected chi connectivity index (χ1v) is 9.73. The van der Waals surface area contributed by atoms with Crippen molar-refractivity contribution in [2.75, 3.05) is 4.90 Å². The standard InChI is InChI=1S/C23H13ClN2O5/c24-14-4-3-5-16(12-14)25-20(13-8-10-15(11-9-13)26(29)30)19-21(27)17-6-1-2-7-18(17)31-22(19)23(25)28/h1-12,20H. The molecule has 0 saturated carbocycles. The average Bonchev–Trinajstić information content (AvgIpc) is 3.06. The number of amides is 1. The molecule has 1 unspecified atom stereocenters. The zero-order valence-electron chi connectivity index (χ0n) is 15.8. The summed E-state index contributed by atoms with van der Waals surface area (Å²) in [5.41, 5.74) is 1.12. The quantitative estimate of drug-likeness (QED) is 0.331. The predicted octanol–water partition coefficient (Wildman–Crippen LogP) is 5.10. The smallest absolute Gasteiger partial charge is 0.295 e. The van der Waals surface area contributed by atoms with Crippen LogP contribution in [0.3, 0.4) is 0 Å². The van der Waals surface area contributed by atoms with Crippen LogP contribution in [0, 0.1) is 10.1 Å². The van der Waals surface area contributed by atoms with Crippen molar-refractivity contribution in [1.82, 2.24) is 0 Å². The van der Waals surface area contributed by atoms with E-state index < -0.39 is 16.9 Å². The van der Waals surface area contributed by atoms with Crippen molar-refractivity contribution in [3.63, 3.8) is 0 Å². The molecule has 3 aromatic carbocycles. The van der Waals surface area contributed by atoms with E-state index in [0.717, 1.165) is 0 Å².